The van der Waals surface area contributed by atoms with Gasteiger partial charge in [0.15, 0.2) is 15.7 Å². The molecule has 1 fully saturated rings. The number of nitrogens with one attached hydrogen (secondary N) is 1. The Balaban J connectivity index is 1.89. The molecule has 3 N–H and O–H groups in total. The second kappa shape index (κ2) is 9.17. The van der Waals surface area contributed by atoms with Crippen LogP contribution >= 0.6 is 0 Å². The highest BCUT2D eigenvalue weighted by Gasteiger charge is 2.21. The van der Waals surface area contributed by atoms with E-state index in [0.717, 1.165) is 24.1 Å². The lowest BCUT2D eigenvalue weighted by Crippen LogP contribution is -2.07. The number of nitrogens with two attached hydrogens (primary N) is 1. The van der Waals surface area contributed by atoms with Crippen molar-refractivity contribution in [1.29, 1.82) is 0 Å². The molecule has 0 aliphatic heterocycles. The largest absolute Gasteiger partial charge is 0.382 e. The van der Waals surface area contributed by atoms with E-state index >= 15 is 0 Å². The van der Waals surface area contributed by atoms with Crippen LogP contribution < -0.4 is 5.73 Å². The van der Waals surface area contributed by atoms with Crippen LogP contribution in [-0.2, 0) is 16.3 Å². The molecule has 2 aromatic rings. The molecule has 1 aliphatic carbocycles. The minimum absolute atomic E-state index is 0.196. The van der Waals surface area contributed by atoms with Crippen LogP contribution in [-0.4, -0.2) is 35.8 Å². The van der Waals surface area contributed by atoms with Crippen molar-refractivity contribution in [3.63, 3.8) is 0 Å². The normalized spacial score (nSPS) is 16.4. The third-order valence-corrected chi connectivity index (χ3v) is 6.14. The Hall–Kier alpha value is -2.74. The summed E-state index contributed by atoms with van der Waals surface area (Å²) in [4.78, 5) is 16.5. The number of rotatable bonds is 7. The maximum atomic E-state index is 11.8. The Morgan fingerprint density at radius 2 is 2.10 bits per heavy atom. The van der Waals surface area contributed by atoms with Gasteiger partial charge in [0.2, 0.25) is 0 Å². The molecule has 1 aliphatic rings. The summed E-state index contributed by atoms with van der Waals surface area (Å²) in [5.74, 6) is 1.53. The van der Waals surface area contributed by atoms with E-state index in [-0.39, 0.29) is 4.90 Å². The van der Waals surface area contributed by atoms with Gasteiger partial charge in [-0.15, -0.1) is 0 Å². The number of imidazole rings is 1. The molecule has 2 aromatic heterocycles. The van der Waals surface area contributed by atoms with E-state index in [1.807, 2.05) is 6.08 Å². The number of sulfone groups is 1. The average Bonchev–Trinajstić information content (AvgIpc) is 3.10. The van der Waals surface area contributed by atoms with Gasteiger partial charge in [-0.2, -0.15) is 0 Å². The zero-order valence-electron chi connectivity index (χ0n) is 16.6. The molecule has 0 saturated heterocycles. The summed E-state index contributed by atoms with van der Waals surface area (Å²) in [7, 11) is -3.31. The third kappa shape index (κ3) is 5.41. The zero-order chi connectivity index (χ0) is 20.9. The molecule has 0 unspecified atom stereocenters. The quantitative estimate of drug-likeness (QED) is 0.672. The number of hydrogen-bond donors (Lipinski definition) is 2. The molecule has 0 amide bonds. The molecule has 0 aromatic carbocycles. The van der Waals surface area contributed by atoms with Crippen LogP contribution in [0.4, 0.5) is 5.82 Å². The Bertz CT molecular complexity index is 1030. The summed E-state index contributed by atoms with van der Waals surface area (Å²) in [6, 6.07) is 1.62. The number of aromatic amines is 1. The van der Waals surface area contributed by atoms with Gasteiger partial charge in [-0.1, -0.05) is 38.0 Å². The maximum Gasteiger partial charge on any atom is 0.177 e. The molecule has 0 spiro atoms. The van der Waals surface area contributed by atoms with E-state index in [1.54, 1.807) is 24.6 Å². The third-order valence-electron chi connectivity index (χ3n) is 5.07. The summed E-state index contributed by atoms with van der Waals surface area (Å²) < 4.78 is 23.5. The van der Waals surface area contributed by atoms with Crippen molar-refractivity contribution in [3.8, 4) is 0 Å². The highest BCUT2D eigenvalue weighted by molar-refractivity contribution is 7.90. The van der Waals surface area contributed by atoms with Crippen LogP contribution in [0.3, 0.4) is 0 Å². The first-order valence-corrected chi connectivity index (χ1v) is 11.6. The summed E-state index contributed by atoms with van der Waals surface area (Å²) in [6.07, 6.45) is 15.6. The van der Waals surface area contributed by atoms with Gasteiger partial charge in [0.1, 0.15) is 11.5 Å². The van der Waals surface area contributed by atoms with Crippen LogP contribution in [0, 0.1) is 0 Å². The van der Waals surface area contributed by atoms with Gasteiger partial charge in [0.05, 0.1) is 10.6 Å². The molecule has 154 valence electrons. The fourth-order valence-electron chi connectivity index (χ4n) is 3.56. The lowest BCUT2D eigenvalue weighted by Gasteiger charge is -2.20. The summed E-state index contributed by atoms with van der Waals surface area (Å²) in [5.41, 5.74) is 8.58. The van der Waals surface area contributed by atoms with Crippen LogP contribution in [0.2, 0.25) is 0 Å². The second-order valence-electron chi connectivity index (χ2n) is 7.33. The summed E-state index contributed by atoms with van der Waals surface area (Å²) >= 11 is 0. The smallest absolute Gasteiger partial charge is 0.177 e. The van der Waals surface area contributed by atoms with Crippen molar-refractivity contribution in [3.05, 3.63) is 54.3 Å². The monoisotopic (exact) mass is 413 g/mol. The van der Waals surface area contributed by atoms with Gasteiger partial charge in [0.25, 0.3) is 0 Å². The molecule has 3 rings (SSSR count). The van der Waals surface area contributed by atoms with Crippen molar-refractivity contribution < 1.29 is 8.42 Å². The van der Waals surface area contributed by atoms with Crippen molar-refractivity contribution in [2.24, 2.45) is 4.99 Å². The van der Waals surface area contributed by atoms with Gasteiger partial charge in [-0.25, -0.2) is 13.4 Å². The number of pyridine rings is 1. The second-order valence-corrected chi connectivity index (χ2v) is 9.34. The minimum Gasteiger partial charge on any atom is -0.382 e. The Labute approximate surface area is 171 Å². The van der Waals surface area contributed by atoms with Gasteiger partial charge >= 0.3 is 0 Å². The van der Waals surface area contributed by atoms with E-state index in [1.165, 1.54) is 31.7 Å². The standard InChI is InChI=1S/C21H27N5O2S/c1-3-11-24-18(10-9-15-12-17(14-23-13-15)29(2,27)28)21-25-19(20(22)26-21)16-7-5-4-6-8-16/h3,10-14,16H,1,4-9,22H2,2H3,(H,25,26)/b18-10-,24-11?. The number of aliphatic imine (C=N–C) groups is 1. The predicted molar refractivity (Wildman–Crippen MR) is 117 cm³/mol. The number of nitrogens with zero attached hydrogens (tertiary/aromatic N) is 3. The zero-order valence-corrected chi connectivity index (χ0v) is 17.5. The molecular weight excluding hydrogens is 386 g/mol. The number of H-pyrrole nitrogens is 1. The molecule has 0 atom stereocenters. The molecule has 2 heterocycles. The Kier molecular flexibility index (Phi) is 6.64. The SMILES string of the molecule is C=CC=N/C(=C\Cc1cncc(S(C)(=O)=O)c1)c1nc(N)c(C2CCCCC2)[nH]1. The first kappa shape index (κ1) is 21.0. The van der Waals surface area contributed by atoms with E-state index in [9.17, 15) is 8.42 Å². The molecular formula is C21H27N5O2S. The van der Waals surface area contributed by atoms with Crippen molar-refractivity contribution >= 4 is 27.6 Å². The highest BCUT2D eigenvalue weighted by atomic mass is 32.2. The minimum atomic E-state index is -3.31. The lowest BCUT2D eigenvalue weighted by molar-refractivity contribution is 0.438. The van der Waals surface area contributed by atoms with E-state index in [0.29, 0.717) is 29.7 Å². The fourth-order valence-corrected chi connectivity index (χ4v) is 4.18. The predicted octanol–water partition coefficient (Wildman–Crippen LogP) is 3.68. The number of allylic oxidation sites excluding steroid dienone is 2. The Morgan fingerprint density at radius 3 is 2.79 bits per heavy atom. The van der Waals surface area contributed by atoms with Crippen LogP contribution in [0.1, 0.15) is 55.1 Å². The van der Waals surface area contributed by atoms with Crippen LogP contribution in [0.15, 0.2) is 47.1 Å². The van der Waals surface area contributed by atoms with Crippen molar-refractivity contribution in [1.82, 2.24) is 15.0 Å². The molecule has 0 bridgehead atoms. The highest BCUT2D eigenvalue weighted by Crippen LogP contribution is 2.35. The Morgan fingerprint density at radius 1 is 1.34 bits per heavy atom. The van der Waals surface area contributed by atoms with E-state index in [4.69, 9.17) is 5.73 Å². The summed E-state index contributed by atoms with van der Waals surface area (Å²) in [5, 5.41) is 0. The average molecular weight is 414 g/mol. The number of anilines is 1. The molecule has 0 radical (unpaired) electrons. The molecule has 29 heavy (non-hydrogen) atoms. The van der Waals surface area contributed by atoms with Crippen molar-refractivity contribution in [2.75, 3.05) is 12.0 Å². The molecule has 8 heteroatoms. The first-order valence-electron chi connectivity index (χ1n) is 9.73. The molecule has 1 saturated carbocycles. The fraction of sp³-hybridized carbons (Fsp3) is 0.381. The van der Waals surface area contributed by atoms with Crippen LogP contribution in [0.25, 0.3) is 5.70 Å². The number of aromatic nitrogens is 3. The van der Waals surface area contributed by atoms with Gasteiger partial charge < -0.3 is 10.7 Å². The number of nitrogen functional groups attached to an aromatic ring is 1. The van der Waals surface area contributed by atoms with Gasteiger partial charge in [-0.3, -0.25) is 9.98 Å². The maximum absolute atomic E-state index is 11.8. The topological polar surface area (TPSA) is 114 Å². The lowest BCUT2D eigenvalue weighted by atomic mass is 9.87. The van der Waals surface area contributed by atoms with Gasteiger partial charge in [0, 0.05) is 30.8 Å². The number of hydrogen-bond acceptors (Lipinski definition) is 6. The van der Waals surface area contributed by atoms with E-state index in [2.05, 4.69) is 26.5 Å². The van der Waals surface area contributed by atoms with Gasteiger partial charge in [-0.05, 0) is 30.9 Å². The summed E-state index contributed by atoms with van der Waals surface area (Å²) in [6.45, 7) is 3.67. The van der Waals surface area contributed by atoms with E-state index < -0.39 is 9.84 Å². The molecule has 7 nitrogen and oxygen atoms in total. The first-order chi connectivity index (χ1) is 13.9. The van der Waals surface area contributed by atoms with Crippen molar-refractivity contribution in [2.45, 2.75) is 49.3 Å². The van der Waals surface area contributed by atoms with Crippen LogP contribution in [0.5, 0.6) is 0 Å².